The molecular formula is C11H6F9NO. The lowest BCUT2D eigenvalue weighted by Gasteiger charge is -2.32. The van der Waals surface area contributed by atoms with Gasteiger partial charge in [-0.15, -0.1) is 0 Å². The van der Waals surface area contributed by atoms with Crippen LogP contribution in [0.3, 0.4) is 0 Å². The summed E-state index contributed by atoms with van der Waals surface area (Å²) in [7, 11) is 0. The molecule has 0 atom stereocenters. The minimum atomic E-state index is -6.05. The molecule has 0 aromatic heterocycles. The van der Waals surface area contributed by atoms with Crippen molar-refractivity contribution in [1.29, 1.82) is 0 Å². The SMILES string of the molecule is CC(C(=O)Nc1ccc(F)c(F)c1F)(C(F)(F)F)C(F)(F)F. The summed E-state index contributed by atoms with van der Waals surface area (Å²) in [6.07, 6.45) is -12.1. The number of alkyl halides is 6. The lowest BCUT2D eigenvalue weighted by molar-refractivity contribution is -0.317. The van der Waals surface area contributed by atoms with Gasteiger partial charge in [0.05, 0.1) is 5.69 Å². The van der Waals surface area contributed by atoms with Crippen LogP contribution in [-0.4, -0.2) is 18.3 Å². The molecule has 0 bridgehead atoms. The predicted molar refractivity (Wildman–Crippen MR) is 55.2 cm³/mol. The lowest BCUT2D eigenvalue weighted by Crippen LogP contribution is -2.55. The van der Waals surface area contributed by atoms with E-state index in [1.165, 1.54) is 0 Å². The summed E-state index contributed by atoms with van der Waals surface area (Å²) in [5.41, 5.74) is -6.22. The molecule has 1 aromatic rings. The van der Waals surface area contributed by atoms with Gasteiger partial charge in [-0.2, -0.15) is 26.3 Å². The number of hydrogen-bond donors (Lipinski definition) is 1. The molecule has 0 saturated carbocycles. The van der Waals surface area contributed by atoms with Crippen LogP contribution < -0.4 is 5.32 Å². The Morgan fingerprint density at radius 1 is 0.909 bits per heavy atom. The number of rotatable bonds is 2. The zero-order valence-electron chi connectivity index (χ0n) is 10.5. The Morgan fingerprint density at radius 3 is 1.77 bits per heavy atom. The highest BCUT2D eigenvalue weighted by molar-refractivity contribution is 5.96. The van der Waals surface area contributed by atoms with Crippen LogP contribution in [0.4, 0.5) is 45.2 Å². The molecule has 22 heavy (non-hydrogen) atoms. The molecule has 0 aliphatic heterocycles. The number of nitrogens with one attached hydrogen (secondary N) is 1. The molecule has 0 unspecified atom stereocenters. The lowest BCUT2D eigenvalue weighted by atomic mass is 9.87. The van der Waals surface area contributed by atoms with Crippen LogP contribution in [0, 0.1) is 22.9 Å². The number of halogens is 9. The van der Waals surface area contributed by atoms with Crippen LogP contribution in [0.25, 0.3) is 0 Å². The highest BCUT2D eigenvalue weighted by atomic mass is 19.4. The molecule has 11 heteroatoms. The van der Waals surface area contributed by atoms with Gasteiger partial charge in [-0.1, -0.05) is 0 Å². The number of amides is 1. The minimum Gasteiger partial charge on any atom is -0.322 e. The molecule has 0 spiro atoms. The number of hydrogen-bond acceptors (Lipinski definition) is 1. The zero-order valence-corrected chi connectivity index (χ0v) is 10.5. The van der Waals surface area contributed by atoms with Crippen molar-refractivity contribution in [3.8, 4) is 0 Å². The number of anilines is 1. The van der Waals surface area contributed by atoms with E-state index in [1.807, 2.05) is 0 Å². The van der Waals surface area contributed by atoms with E-state index in [0.29, 0.717) is 6.07 Å². The highest BCUT2D eigenvalue weighted by Gasteiger charge is 2.72. The number of carbonyl (C=O) groups excluding carboxylic acids is 1. The minimum absolute atomic E-state index is 0.229. The smallest absolute Gasteiger partial charge is 0.322 e. The van der Waals surface area contributed by atoms with E-state index in [9.17, 15) is 44.3 Å². The first kappa shape index (κ1) is 18.1. The first-order valence-corrected chi connectivity index (χ1v) is 5.32. The van der Waals surface area contributed by atoms with Crippen LogP contribution in [-0.2, 0) is 4.79 Å². The van der Waals surface area contributed by atoms with E-state index in [4.69, 9.17) is 0 Å². The fourth-order valence-electron chi connectivity index (χ4n) is 1.29. The summed E-state index contributed by atoms with van der Waals surface area (Å²) in [6, 6.07) is 0.519. The average molecular weight is 339 g/mol. The summed E-state index contributed by atoms with van der Waals surface area (Å²) >= 11 is 0. The normalized spacial score (nSPS) is 13.2. The first-order valence-electron chi connectivity index (χ1n) is 5.32. The summed E-state index contributed by atoms with van der Waals surface area (Å²) in [4.78, 5) is 11.3. The summed E-state index contributed by atoms with van der Waals surface area (Å²) in [6.45, 7) is -0.458. The van der Waals surface area contributed by atoms with E-state index in [1.54, 1.807) is 0 Å². The van der Waals surface area contributed by atoms with Crippen molar-refractivity contribution < 1.29 is 44.3 Å². The third kappa shape index (κ3) is 2.83. The maximum Gasteiger partial charge on any atom is 0.411 e. The van der Waals surface area contributed by atoms with Crippen molar-refractivity contribution in [3.63, 3.8) is 0 Å². The van der Waals surface area contributed by atoms with Crippen molar-refractivity contribution in [3.05, 3.63) is 29.6 Å². The van der Waals surface area contributed by atoms with Crippen molar-refractivity contribution in [2.75, 3.05) is 5.32 Å². The Balaban J connectivity index is 3.28. The quantitative estimate of drug-likeness (QED) is 0.636. The molecule has 1 aromatic carbocycles. The third-order valence-electron chi connectivity index (χ3n) is 2.87. The number of benzene rings is 1. The first-order chi connectivity index (χ1) is 9.73. The maximum atomic E-state index is 13.2. The van der Waals surface area contributed by atoms with Gasteiger partial charge in [0.2, 0.25) is 11.3 Å². The van der Waals surface area contributed by atoms with E-state index >= 15 is 0 Å². The standard InChI is InChI=1S/C11H6F9NO/c1-9(10(15,16)17,11(18,19)20)8(22)21-5-3-2-4(12)6(13)7(5)14/h2-3H,1H3,(H,21,22). The molecule has 1 rings (SSSR count). The third-order valence-corrected chi connectivity index (χ3v) is 2.87. The Kier molecular flexibility index (Phi) is 4.41. The van der Waals surface area contributed by atoms with Crippen LogP contribution in [0.1, 0.15) is 6.92 Å². The van der Waals surface area contributed by atoms with Gasteiger partial charge >= 0.3 is 12.4 Å². The fraction of sp³-hybridized carbons (Fsp3) is 0.364. The topological polar surface area (TPSA) is 29.1 Å². The van der Waals surface area contributed by atoms with Crippen molar-refractivity contribution in [2.45, 2.75) is 19.3 Å². The van der Waals surface area contributed by atoms with Gasteiger partial charge in [-0.05, 0) is 19.1 Å². The Bertz CT molecular complexity index is 576. The molecular weight excluding hydrogens is 333 g/mol. The second kappa shape index (κ2) is 5.36. The van der Waals surface area contributed by atoms with Gasteiger partial charge in [0.25, 0.3) is 0 Å². The molecule has 0 fully saturated rings. The molecule has 0 aliphatic rings. The largest absolute Gasteiger partial charge is 0.411 e. The number of carbonyl (C=O) groups is 1. The zero-order chi connectivity index (χ0) is 17.5. The van der Waals surface area contributed by atoms with Crippen LogP contribution >= 0.6 is 0 Å². The molecule has 0 heterocycles. The molecule has 1 N–H and O–H groups in total. The fourth-order valence-corrected chi connectivity index (χ4v) is 1.29. The second-order valence-electron chi connectivity index (χ2n) is 4.30. The van der Waals surface area contributed by atoms with Crippen molar-refractivity contribution in [1.82, 2.24) is 0 Å². The van der Waals surface area contributed by atoms with Gasteiger partial charge < -0.3 is 5.32 Å². The van der Waals surface area contributed by atoms with Gasteiger partial charge in [-0.3, -0.25) is 4.79 Å². The monoisotopic (exact) mass is 339 g/mol. The molecule has 124 valence electrons. The van der Waals surface area contributed by atoms with E-state index in [0.717, 1.165) is 5.32 Å². The van der Waals surface area contributed by atoms with Gasteiger partial charge in [-0.25, -0.2) is 13.2 Å². The Morgan fingerprint density at radius 2 is 1.36 bits per heavy atom. The summed E-state index contributed by atoms with van der Waals surface area (Å²) < 4.78 is 114. The molecule has 1 amide bonds. The second-order valence-corrected chi connectivity index (χ2v) is 4.30. The van der Waals surface area contributed by atoms with E-state index in [-0.39, 0.29) is 6.07 Å². The predicted octanol–water partition coefficient (Wildman–Crippen LogP) is 4.17. The average Bonchev–Trinajstić information content (AvgIpc) is 2.35. The molecule has 2 nitrogen and oxygen atoms in total. The van der Waals surface area contributed by atoms with E-state index in [2.05, 4.69) is 0 Å². The van der Waals surface area contributed by atoms with E-state index < -0.39 is 53.7 Å². The highest BCUT2D eigenvalue weighted by Crippen LogP contribution is 2.50. The Labute approximate surface area is 116 Å². The van der Waals surface area contributed by atoms with Gasteiger partial charge in [0.15, 0.2) is 17.5 Å². The van der Waals surface area contributed by atoms with Crippen molar-refractivity contribution in [2.24, 2.45) is 5.41 Å². The molecule has 0 aliphatic carbocycles. The van der Waals surface area contributed by atoms with Crippen LogP contribution in [0.15, 0.2) is 12.1 Å². The van der Waals surface area contributed by atoms with Crippen LogP contribution in [0.2, 0.25) is 0 Å². The van der Waals surface area contributed by atoms with Gasteiger partial charge in [0.1, 0.15) is 0 Å². The summed E-state index contributed by atoms with van der Waals surface area (Å²) in [5, 5.41) is 0.971. The Hall–Kier alpha value is -1.94. The van der Waals surface area contributed by atoms with Crippen molar-refractivity contribution >= 4 is 11.6 Å². The van der Waals surface area contributed by atoms with Gasteiger partial charge in [0, 0.05) is 0 Å². The van der Waals surface area contributed by atoms with Crippen LogP contribution in [0.5, 0.6) is 0 Å². The maximum absolute atomic E-state index is 13.2. The summed E-state index contributed by atoms with van der Waals surface area (Å²) in [5.74, 6) is -8.69. The molecule has 0 radical (unpaired) electrons. The molecule has 0 saturated heterocycles.